The highest BCUT2D eigenvalue weighted by atomic mass is 16.2. The number of nitrogens with zero attached hydrogens (tertiary/aromatic N) is 3. The van der Waals surface area contributed by atoms with Crippen molar-refractivity contribution in [1.82, 2.24) is 19.7 Å². The molecule has 1 amide bonds. The summed E-state index contributed by atoms with van der Waals surface area (Å²) in [4.78, 5) is 34.4. The molecule has 0 spiro atoms. The second-order valence-corrected chi connectivity index (χ2v) is 7.89. The molecule has 1 aromatic rings. The van der Waals surface area contributed by atoms with E-state index < -0.39 is 0 Å². The highest BCUT2D eigenvalue weighted by molar-refractivity contribution is 5.93. The lowest BCUT2D eigenvalue weighted by atomic mass is 9.96. The number of aromatic nitrogens is 1. The van der Waals surface area contributed by atoms with Gasteiger partial charge < -0.3 is 14.8 Å². The third kappa shape index (κ3) is 3.13. The molecule has 1 aromatic heterocycles. The van der Waals surface area contributed by atoms with Crippen LogP contribution in [0.25, 0.3) is 0 Å². The molecule has 3 saturated heterocycles. The predicted molar refractivity (Wildman–Crippen MR) is 96.9 cm³/mol. The summed E-state index contributed by atoms with van der Waals surface area (Å²) in [5.74, 6) is -0.135. The van der Waals surface area contributed by atoms with Crippen LogP contribution in [-0.4, -0.2) is 76.9 Å². The highest BCUT2D eigenvalue weighted by Gasteiger charge is 2.41. The maximum atomic E-state index is 12.7. The quantitative estimate of drug-likeness (QED) is 0.872. The summed E-state index contributed by atoms with van der Waals surface area (Å²) in [5.41, 5.74) is 0.763. The zero-order valence-corrected chi connectivity index (χ0v) is 15.2. The Morgan fingerprint density at radius 1 is 1.04 bits per heavy atom. The van der Waals surface area contributed by atoms with Crippen LogP contribution < -0.4 is 5.56 Å². The number of fused-ring (bicyclic) bond motifs is 2. The zero-order chi connectivity index (χ0) is 17.6. The summed E-state index contributed by atoms with van der Waals surface area (Å²) in [6.45, 7) is 5.09. The van der Waals surface area contributed by atoms with Crippen LogP contribution in [0.4, 0.5) is 0 Å². The fourth-order valence-corrected chi connectivity index (χ4v) is 4.88. The summed E-state index contributed by atoms with van der Waals surface area (Å²) < 4.78 is 0. The van der Waals surface area contributed by atoms with Crippen molar-refractivity contribution < 1.29 is 4.79 Å². The molecule has 1 N–H and O–H groups in total. The van der Waals surface area contributed by atoms with E-state index in [9.17, 15) is 9.59 Å². The summed E-state index contributed by atoms with van der Waals surface area (Å²) in [6, 6.07) is 5.59. The Kier molecular flexibility index (Phi) is 4.41. The molecule has 6 nitrogen and oxygen atoms in total. The van der Waals surface area contributed by atoms with Gasteiger partial charge in [0.1, 0.15) is 5.56 Å². The predicted octanol–water partition coefficient (Wildman–Crippen LogP) is 1.07. The number of aryl methyl sites for hydroxylation is 1. The molecule has 0 aromatic carbocycles. The summed E-state index contributed by atoms with van der Waals surface area (Å²) in [5, 5.41) is 0. The minimum absolute atomic E-state index is 0.135. The molecule has 25 heavy (non-hydrogen) atoms. The number of aromatic amines is 1. The normalized spacial score (nSPS) is 30.6. The molecule has 2 bridgehead atoms. The van der Waals surface area contributed by atoms with Gasteiger partial charge in [-0.1, -0.05) is 0 Å². The Morgan fingerprint density at radius 3 is 2.28 bits per heavy atom. The molecule has 4 heterocycles. The monoisotopic (exact) mass is 344 g/mol. The van der Waals surface area contributed by atoms with E-state index in [2.05, 4.69) is 21.8 Å². The van der Waals surface area contributed by atoms with E-state index >= 15 is 0 Å². The first kappa shape index (κ1) is 16.8. The first-order valence-corrected chi connectivity index (χ1v) is 9.48. The molecule has 3 fully saturated rings. The molecule has 0 aliphatic carbocycles. The lowest BCUT2D eigenvalue weighted by molar-refractivity contribution is 0.0342. The number of carbonyl (C=O) groups excluding carboxylic acids is 1. The Morgan fingerprint density at radius 2 is 1.68 bits per heavy atom. The fraction of sp³-hybridized carbons (Fsp3) is 0.684. The first-order valence-electron chi connectivity index (χ1n) is 9.48. The van der Waals surface area contributed by atoms with Crippen molar-refractivity contribution in [3.8, 4) is 0 Å². The van der Waals surface area contributed by atoms with Crippen molar-refractivity contribution >= 4 is 5.91 Å². The van der Waals surface area contributed by atoms with Crippen LogP contribution in [-0.2, 0) is 0 Å². The van der Waals surface area contributed by atoms with Crippen molar-refractivity contribution in [2.24, 2.45) is 0 Å². The van der Waals surface area contributed by atoms with Gasteiger partial charge in [-0.15, -0.1) is 0 Å². The van der Waals surface area contributed by atoms with Gasteiger partial charge in [0, 0.05) is 50.0 Å². The van der Waals surface area contributed by atoms with E-state index in [1.54, 1.807) is 12.1 Å². The molecule has 2 unspecified atom stereocenters. The van der Waals surface area contributed by atoms with Gasteiger partial charge in [0.15, 0.2) is 0 Å². The van der Waals surface area contributed by atoms with Crippen molar-refractivity contribution in [2.45, 2.75) is 50.7 Å². The number of carbonyl (C=O) groups is 1. The van der Waals surface area contributed by atoms with Crippen LogP contribution in [0.1, 0.15) is 41.7 Å². The number of piperazine rings is 1. The van der Waals surface area contributed by atoms with Crippen molar-refractivity contribution in [3.63, 3.8) is 0 Å². The maximum Gasteiger partial charge on any atom is 0.260 e. The number of hydrogen-bond acceptors (Lipinski definition) is 4. The zero-order valence-electron chi connectivity index (χ0n) is 15.2. The van der Waals surface area contributed by atoms with Crippen LogP contribution in [0.5, 0.6) is 0 Å². The molecule has 3 aliphatic rings. The Balaban J connectivity index is 1.37. The van der Waals surface area contributed by atoms with Gasteiger partial charge in [0.2, 0.25) is 0 Å². The molecule has 2 atom stereocenters. The van der Waals surface area contributed by atoms with E-state index in [4.69, 9.17) is 0 Å². The smallest absolute Gasteiger partial charge is 0.260 e. The molecule has 136 valence electrons. The largest absolute Gasteiger partial charge is 0.336 e. The molecular formula is C19H28N4O2. The van der Waals surface area contributed by atoms with Crippen LogP contribution in [0, 0.1) is 6.92 Å². The lowest BCUT2D eigenvalue weighted by Crippen LogP contribution is -2.56. The van der Waals surface area contributed by atoms with E-state index in [1.807, 2.05) is 11.8 Å². The third-order valence-corrected chi connectivity index (χ3v) is 6.48. The number of nitrogens with one attached hydrogen (secondary N) is 1. The Bertz CT molecular complexity index is 694. The summed E-state index contributed by atoms with van der Waals surface area (Å²) >= 11 is 0. The molecule has 3 aliphatic heterocycles. The first-order chi connectivity index (χ1) is 12.0. The molecule has 0 radical (unpaired) electrons. The van der Waals surface area contributed by atoms with Crippen molar-refractivity contribution in [1.29, 1.82) is 0 Å². The van der Waals surface area contributed by atoms with Gasteiger partial charge in [-0.05, 0) is 51.8 Å². The van der Waals surface area contributed by atoms with Crippen LogP contribution in [0.15, 0.2) is 16.9 Å². The van der Waals surface area contributed by atoms with Crippen LogP contribution in [0.2, 0.25) is 0 Å². The molecular weight excluding hydrogens is 316 g/mol. The Labute approximate surface area is 148 Å². The highest BCUT2D eigenvalue weighted by Crippen LogP contribution is 2.36. The standard InChI is InChI=1S/C19H28N4O2/c1-13-3-6-17(18(24)20-13)19(25)23-9-7-22(8-10-23)16-11-14-4-5-15(12-16)21(14)2/h3,6,14-16H,4-5,7-12H2,1-2H3,(H,20,24). The third-order valence-electron chi connectivity index (χ3n) is 6.48. The average Bonchev–Trinajstić information content (AvgIpc) is 2.82. The number of pyridine rings is 1. The number of rotatable bonds is 2. The summed E-state index contributed by atoms with van der Waals surface area (Å²) in [6.07, 6.45) is 5.20. The van der Waals surface area contributed by atoms with E-state index in [0.29, 0.717) is 19.1 Å². The minimum atomic E-state index is -0.278. The maximum absolute atomic E-state index is 12.7. The van der Waals surface area contributed by atoms with Crippen molar-refractivity contribution in [2.75, 3.05) is 33.2 Å². The summed E-state index contributed by atoms with van der Waals surface area (Å²) in [7, 11) is 2.27. The lowest BCUT2D eigenvalue weighted by Gasteiger charge is -2.45. The number of H-pyrrole nitrogens is 1. The van der Waals surface area contributed by atoms with E-state index in [1.165, 1.54) is 25.7 Å². The van der Waals surface area contributed by atoms with Gasteiger partial charge in [-0.3, -0.25) is 14.5 Å². The minimum Gasteiger partial charge on any atom is -0.336 e. The van der Waals surface area contributed by atoms with Crippen LogP contribution in [0.3, 0.4) is 0 Å². The van der Waals surface area contributed by atoms with E-state index in [-0.39, 0.29) is 17.0 Å². The van der Waals surface area contributed by atoms with E-state index in [0.717, 1.165) is 30.9 Å². The number of amides is 1. The van der Waals surface area contributed by atoms with Gasteiger partial charge in [-0.2, -0.15) is 0 Å². The fourth-order valence-electron chi connectivity index (χ4n) is 4.88. The number of hydrogen-bond donors (Lipinski definition) is 1. The SMILES string of the molecule is Cc1ccc(C(=O)N2CCN(C3CC4CCC(C3)N4C)CC2)c(=O)[nH]1. The molecule has 0 saturated carbocycles. The van der Waals surface area contributed by atoms with Gasteiger partial charge >= 0.3 is 0 Å². The molecule has 4 rings (SSSR count). The van der Waals surface area contributed by atoms with Crippen molar-refractivity contribution in [3.05, 3.63) is 33.7 Å². The van der Waals surface area contributed by atoms with Gasteiger partial charge in [0.25, 0.3) is 11.5 Å². The van der Waals surface area contributed by atoms with Gasteiger partial charge in [0.05, 0.1) is 0 Å². The topological polar surface area (TPSA) is 59.7 Å². The second-order valence-electron chi connectivity index (χ2n) is 7.89. The Hall–Kier alpha value is -1.66. The number of piperidine rings is 1. The molecule has 6 heteroatoms. The van der Waals surface area contributed by atoms with Crippen LogP contribution >= 0.6 is 0 Å². The second kappa shape index (κ2) is 6.57. The van der Waals surface area contributed by atoms with Gasteiger partial charge in [-0.25, -0.2) is 0 Å². The average molecular weight is 344 g/mol.